The molecule has 4 heteroatoms. The molecule has 0 unspecified atom stereocenters. The molecule has 2 aromatic carbocycles. The quantitative estimate of drug-likeness (QED) is 0.936. The van der Waals surface area contributed by atoms with Crippen LogP contribution in [0, 0.1) is 6.92 Å². The number of hydrogen-bond acceptors (Lipinski definition) is 3. The van der Waals surface area contributed by atoms with E-state index in [4.69, 9.17) is 5.73 Å². The van der Waals surface area contributed by atoms with Gasteiger partial charge in [-0.25, -0.2) is 8.42 Å². The first-order valence-electron chi connectivity index (χ1n) is 6.01. The van der Waals surface area contributed by atoms with Gasteiger partial charge in [0.2, 0.25) is 0 Å². The van der Waals surface area contributed by atoms with Crippen molar-refractivity contribution in [2.24, 2.45) is 5.73 Å². The maximum Gasteiger partial charge on any atom is 0.175 e. The Hall–Kier alpha value is -1.65. The Morgan fingerprint density at radius 3 is 2.16 bits per heavy atom. The standard InChI is InChI=1S/C15H17NO2S/c1-11-7-12(10-16)9-14(8-11)13-3-5-15(6-4-13)19(2,17)18/h3-9H,10,16H2,1-2H3. The van der Waals surface area contributed by atoms with Gasteiger partial charge in [-0.3, -0.25) is 0 Å². The Labute approximate surface area is 114 Å². The maximum atomic E-state index is 11.4. The molecule has 0 saturated carbocycles. The molecule has 0 spiro atoms. The van der Waals surface area contributed by atoms with Crippen LogP contribution in [0.5, 0.6) is 0 Å². The van der Waals surface area contributed by atoms with Crippen molar-refractivity contribution in [2.75, 3.05) is 6.26 Å². The lowest BCUT2D eigenvalue weighted by molar-refractivity contribution is 0.602. The molecular weight excluding hydrogens is 258 g/mol. The van der Waals surface area contributed by atoms with Crippen molar-refractivity contribution >= 4 is 9.84 Å². The van der Waals surface area contributed by atoms with Gasteiger partial charge in [-0.05, 0) is 41.8 Å². The van der Waals surface area contributed by atoms with Crippen molar-refractivity contribution in [1.82, 2.24) is 0 Å². The van der Waals surface area contributed by atoms with Gasteiger partial charge in [0, 0.05) is 12.8 Å². The minimum Gasteiger partial charge on any atom is -0.326 e. The molecule has 0 heterocycles. The molecule has 0 aromatic heterocycles. The van der Waals surface area contributed by atoms with Gasteiger partial charge in [0.15, 0.2) is 9.84 Å². The fourth-order valence-electron chi connectivity index (χ4n) is 2.04. The van der Waals surface area contributed by atoms with Crippen LogP contribution in [0.25, 0.3) is 11.1 Å². The summed E-state index contributed by atoms with van der Waals surface area (Å²) in [5.74, 6) is 0. The Morgan fingerprint density at radius 2 is 1.63 bits per heavy atom. The minimum atomic E-state index is -3.14. The van der Waals surface area contributed by atoms with Crippen LogP contribution in [0.1, 0.15) is 11.1 Å². The second kappa shape index (κ2) is 5.15. The average molecular weight is 275 g/mol. The van der Waals surface area contributed by atoms with Crippen molar-refractivity contribution in [3.05, 3.63) is 53.6 Å². The molecular formula is C15H17NO2S. The number of hydrogen-bond donors (Lipinski definition) is 1. The number of rotatable bonds is 3. The second-order valence-corrected chi connectivity index (χ2v) is 6.72. The third kappa shape index (κ3) is 3.22. The first-order chi connectivity index (χ1) is 8.90. The third-order valence-electron chi connectivity index (χ3n) is 2.99. The molecule has 100 valence electrons. The number of sulfone groups is 1. The van der Waals surface area contributed by atoms with E-state index in [2.05, 4.69) is 6.07 Å². The van der Waals surface area contributed by atoms with Crippen LogP contribution in [0.2, 0.25) is 0 Å². The molecule has 2 N–H and O–H groups in total. The van der Waals surface area contributed by atoms with E-state index < -0.39 is 9.84 Å². The van der Waals surface area contributed by atoms with Crippen molar-refractivity contribution in [3.63, 3.8) is 0 Å². The minimum absolute atomic E-state index is 0.336. The molecule has 0 bridgehead atoms. The third-order valence-corrected chi connectivity index (χ3v) is 4.12. The van der Waals surface area contributed by atoms with Crippen molar-refractivity contribution in [1.29, 1.82) is 0 Å². The molecule has 19 heavy (non-hydrogen) atoms. The Balaban J connectivity index is 2.45. The van der Waals surface area contributed by atoms with E-state index in [-0.39, 0.29) is 0 Å². The zero-order valence-electron chi connectivity index (χ0n) is 11.1. The van der Waals surface area contributed by atoms with Crippen molar-refractivity contribution in [3.8, 4) is 11.1 Å². The summed E-state index contributed by atoms with van der Waals surface area (Å²) >= 11 is 0. The molecule has 0 radical (unpaired) electrons. The fraction of sp³-hybridized carbons (Fsp3) is 0.200. The predicted octanol–water partition coefficient (Wildman–Crippen LogP) is 2.52. The van der Waals surface area contributed by atoms with Gasteiger partial charge in [0.1, 0.15) is 0 Å². The summed E-state index contributed by atoms with van der Waals surface area (Å²) < 4.78 is 22.8. The molecule has 0 atom stereocenters. The van der Waals surface area contributed by atoms with E-state index in [1.807, 2.05) is 31.2 Å². The van der Waals surface area contributed by atoms with Gasteiger partial charge in [0.05, 0.1) is 4.90 Å². The summed E-state index contributed by atoms with van der Waals surface area (Å²) in [7, 11) is -3.14. The molecule has 0 aliphatic rings. The number of nitrogens with two attached hydrogens (primary N) is 1. The highest BCUT2D eigenvalue weighted by molar-refractivity contribution is 7.90. The van der Waals surface area contributed by atoms with Crippen LogP contribution >= 0.6 is 0 Å². The van der Waals surface area contributed by atoms with E-state index in [9.17, 15) is 8.42 Å². The molecule has 0 amide bonds. The van der Waals surface area contributed by atoms with Crippen LogP contribution in [0.15, 0.2) is 47.4 Å². The maximum absolute atomic E-state index is 11.4. The molecule has 0 fully saturated rings. The first-order valence-corrected chi connectivity index (χ1v) is 7.90. The van der Waals surface area contributed by atoms with Gasteiger partial charge >= 0.3 is 0 Å². The monoisotopic (exact) mass is 275 g/mol. The molecule has 2 aromatic rings. The molecule has 2 rings (SSSR count). The molecule has 0 aliphatic carbocycles. The zero-order valence-corrected chi connectivity index (χ0v) is 11.9. The van der Waals surface area contributed by atoms with Gasteiger partial charge in [-0.15, -0.1) is 0 Å². The smallest absolute Gasteiger partial charge is 0.175 e. The Kier molecular flexibility index (Phi) is 3.73. The topological polar surface area (TPSA) is 60.2 Å². The predicted molar refractivity (Wildman–Crippen MR) is 77.6 cm³/mol. The summed E-state index contributed by atoms with van der Waals surface area (Å²) in [6.07, 6.45) is 1.21. The summed E-state index contributed by atoms with van der Waals surface area (Å²) in [4.78, 5) is 0.336. The Bertz CT molecular complexity index is 689. The normalized spacial score (nSPS) is 11.5. The van der Waals surface area contributed by atoms with E-state index in [0.717, 1.165) is 22.3 Å². The zero-order chi connectivity index (χ0) is 14.0. The van der Waals surface area contributed by atoms with E-state index in [0.29, 0.717) is 11.4 Å². The van der Waals surface area contributed by atoms with E-state index in [1.165, 1.54) is 6.26 Å². The first kappa shape index (κ1) is 13.8. The molecule has 3 nitrogen and oxygen atoms in total. The molecule has 0 saturated heterocycles. The van der Waals surface area contributed by atoms with Crippen LogP contribution in [-0.4, -0.2) is 14.7 Å². The van der Waals surface area contributed by atoms with Gasteiger partial charge in [0.25, 0.3) is 0 Å². The fourth-order valence-corrected chi connectivity index (χ4v) is 2.67. The number of benzene rings is 2. The lowest BCUT2D eigenvalue weighted by atomic mass is 10.0. The van der Waals surface area contributed by atoms with Gasteiger partial charge in [-0.2, -0.15) is 0 Å². The summed E-state index contributed by atoms with van der Waals surface area (Å²) in [5, 5.41) is 0. The Morgan fingerprint density at radius 1 is 1.00 bits per heavy atom. The SMILES string of the molecule is Cc1cc(CN)cc(-c2ccc(S(C)(=O)=O)cc2)c1. The van der Waals surface area contributed by atoms with Gasteiger partial charge in [-0.1, -0.05) is 29.8 Å². The van der Waals surface area contributed by atoms with E-state index in [1.54, 1.807) is 12.1 Å². The summed E-state index contributed by atoms with van der Waals surface area (Å²) in [5.41, 5.74) is 9.93. The van der Waals surface area contributed by atoms with Crippen LogP contribution < -0.4 is 5.73 Å². The highest BCUT2D eigenvalue weighted by Crippen LogP contribution is 2.23. The van der Waals surface area contributed by atoms with Crippen LogP contribution in [0.3, 0.4) is 0 Å². The van der Waals surface area contributed by atoms with Crippen LogP contribution in [0.4, 0.5) is 0 Å². The van der Waals surface area contributed by atoms with Crippen molar-refractivity contribution in [2.45, 2.75) is 18.4 Å². The van der Waals surface area contributed by atoms with Crippen molar-refractivity contribution < 1.29 is 8.42 Å². The highest BCUT2D eigenvalue weighted by Gasteiger charge is 2.07. The molecule has 0 aliphatic heterocycles. The van der Waals surface area contributed by atoms with Crippen LogP contribution in [-0.2, 0) is 16.4 Å². The largest absolute Gasteiger partial charge is 0.326 e. The van der Waals surface area contributed by atoms with Gasteiger partial charge < -0.3 is 5.73 Å². The summed E-state index contributed by atoms with van der Waals surface area (Å²) in [6, 6.07) is 13.1. The highest BCUT2D eigenvalue weighted by atomic mass is 32.2. The number of aryl methyl sites for hydroxylation is 1. The second-order valence-electron chi connectivity index (χ2n) is 4.71. The average Bonchev–Trinajstić information content (AvgIpc) is 2.37. The van der Waals surface area contributed by atoms with E-state index >= 15 is 0 Å². The summed E-state index contributed by atoms with van der Waals surface area (Å²) in [6.45, 7) is 2.52. The lowest BCUT2D eigenvalue weighted by Crippen LogP contribution is -1.98. The lowest BCUT2D eigenvalue weighted by Gasteiger charge is -2.07.